The minimum absolute atomic E-state index is 0.578. The number of aliphatic carboxylic acids is 2. The molecule has 1 aromatic carbocycles. The van der Waals surface area contributed by atoms with E-state index in [2.05, 4.69) is 51.5 Å². The molecule has 0 amide bonds. The SMILES string of the molecule is CCN(CC)CC1CN(Cc2cccc(C#N)c2)Cc2nccn2C1.O=C(O)C(F)(F)F.O=C(O)C(F)(F)F. The number of carboxylic acids is 2. The molecule has 1 aliphatic rings. The second-order valence-corrected chi connectivity index (χ2v) is 8.44. The van der Waals surface area contributed by atoms with E-state index in [4.69, 9.17) is 25.1 Å². The lowest BCUT2D eigenvalue weighted by Gasteiger charge is -2.28. The molecular weight excluding hydrogens is 536 g/mol. The highest BCUT2D eigenvalue weighted by Gasteiger charge is 2.38. The van der Waals surface area contributed by atoms with E-state index < -0.39 is 24.3 Å². The smallest absolute Gasteiger partial charge is 0.475 e. The summed E-state index contributed by atoms with van der Waals surface area (Å²) in [4.78, 5) is 27.3. The Hall–Kier alpha value is -3.64. The van der Waals surface area contributed by atoms with Gasteiger partial charge in [0.1, 0.15) is 5.82 Å². The molecule has 216 valence electrons. The van der Waals surface area contributed by atoms with Crippen molar-refractivity contribution in [2.75, 3.05) is 26.2 Å². The van der Waals surface area contributed by atoms with Gasteiger partial charge in [-0.15, -0.1) is 0 Å². The van der Waals surface area contributed by atoms with E-state index in [0.29, 0.717) is 5.92 Å². The molecule has 3 rings (SSSR count). The summed E-state index contributed by atoms with van der Waals surface area (Å²) in [6.45, 7) is 11.6. The second-order valence-electron chi connectivity index (χ2n) is 8.44. The third kappa shape index (κ3) is 12.2. The summed E-state index contributed by atoms with van der Waals surface area (Å²) in [6.07, 6.45) is -6.16. The highest BCUT2D eigenvalue weighted by molar-refractivity contribution is 5.73. The van der Waals surface area contributed by atoms with Gasteiger partial charge in [-0.1, -0.05) is 26.0 Å². The molecule has 9 nitrogen and oxygen atoms in total. The molecule has 2 aromatic rings. The van der Waals surface area contributed by atoms with Crippen molar-refractivity contribution in [2.24, 2.45) is 5.92 Å². The van der Waals surface area contributed by atoms with Crippen LogP contribution in [-0.2, 0) is 29.2 Å². The lowest BCUT2D eigenvalue weighted by Crippen LogP contribution is -2.36. The molecule has 1 aromatic heterocycles. The molecule has 0 bridgehead atoms. The Labute approximate surface area is 220 Å². The monoisotopic (exact) mass is 565 g/mol. The van der Waals surface area contributed by atoms with Crippen LogP contribution in [0.2, 0.25) is 0 Å². The molecule has 0 saturated carbocycles. The number of alkyl halides is 6. The molecule has 0 radical (unpaired) electrons. The molecule has 0 fully saturated rings. The van der Waals surface area contributed by atoms with Crippen molar-refractivity contribution in [1.29, 1.82) is 5.26 Å². The van der Waals surface area contributed by atoms with Crippen LogP contribution in [0.5, 0.6) is 0 Å². The van der Waals surface area contributed by atoms with Crippen LogP contribution < -0.4 is 0 Å². The van der Waals surface area contributed by atoms with Gasteiger partial charge in [0, 0.05) is 44.5 Å². The van der Waals surface area contributed by atoms with E-state index >= 15 is 0 Å². The molecule has 1 unspecified atom stereocenters. The number of fused-ring (bicyclic) bond motifs is 1. The van der Waals surface area contributed by atoms with E-state index in [1.54, 1.807) is 0 Å². The number of nitrogens with zero attached hydrogens (tertiary/aromatic N) is 5. The number of nitriles is 1. The molecule has 2 heterocycles. The number of carbonyl (C=O) groups is 2. The van der Waals surface area contributed by atoms with E-state index in [-0.39, 0.29) is 0 Å². The van der Waals surface area contributed by atoms with Gasteiger partial charge in [-0.05, 0) is 30.8 Å². The number of carboxylic acid groups (broad SMARTS) is 2. The Balaban J connectivity index is 0.000000449. The fourth-order valence-corrected chi connectivity index (χ4v) is 3.70. The molecule has 1 aliphatic heterocycles. The zero-order valence-electron chi connectivity index (χ0n) is 21.2. The van der Waals surface area contributed by atoms with Gasteiger partial charge in [-0.25, -0.2) is 14.6 Å². The maximum Gasteiger partial charge on any atom is 0.490 e. The highest BCUT2D eigenvalue weighted by atomic mass is 19.4. The summed E-state index contributed by atoms with van der Waals surface area (Å²) in [5.74, 6) is -3.80. The highest BCUT2D eigenvalue weighted by Crippen LogP contribution is 2.19. The molecule has 39 heavy (non-hydrogen) atoms. The molecule has 2 N–H and O–H groups in total. The molecule has 0 saturated heterocycles. The maximum absolute atomic E-state index is 10.6. The van der Waals surface area contributed by atoms with Crippen molar-refractivity contribution >= 4 is 11.9 Å². The van der Waals surface area contributed by atoms with Gasteiger partial charge in [0.05, 0.1) is 18.2 Å². The van der Waals surface area contributed by atoms with Crippen molar-refractivity contribution < 1.29 is 46.1 Å². The summed E-state index contributed by atoms with van der Waals surface area (Å²) in [5, 5.41) is 23.4. The Bertz CT molecular complexity index is 1090. The molecule has 0 aliphatic carbocycles. The Morgan fingerprint density at radius 3 is 2.13 bits per heavy atom. The minimum Gasteiger partial charge on any atom is -0.475 e. The third-order valence-electron chi connectivity index (χ3n) is 5.50. The van der Waals surface area contributed by atoms with Crippen LogP contribution in [0.1, 0.15) is 30.8 Å². The number of benzene rings is 1. The number of rotatable bonds is 6. The second kappa shape index (κ2) is 15.1. The number of aromatic nitrogens is 2. The lowest BCUT2D eigenvalue weighted by molar-refractivity contribution is -0.193. The lowest BCUT2D eigenvalue weighted by atomic mass is 10.1. The molecule has 0 spiro atoms. The number of halogens is 6. The average Bonchev–Trinajstić information content (AvgIpc) is 3.21. The topological polar surface area (TPSA) is 123 Å². The molecule has 15 heteroatoms. The first-order valence-electron chi connectivity index (χ1n) is 11.6. The van der Waals surface area contributed by atoms with Crippen LogP contribution >= 0.6 is 0 Å². The largest absolute Gasteiger partial charge is 0.490 e. The molecule has 1 atom stereocenters. The Morgan fingerprint density at radius 1 is 1.08 bits per heavy atom. The summed E-state index contributed by atoms with van der Waals surface area (Å²) in [7, 11) is 0. The van der Waals surface area contributed by atoms with Gasteiger partial charge in [-0.2, -0.15) is 31.6 Å². The first-order valence-corrected chi connectivity index (χ1v) is 11.6. The van der Waals surface area contributed by atoms with E-state index in [9.17, 15) is 26.3 Å². The molecular formula is C24H29F6N5O4. The fourth-order valence-electron chi connectivity index (χ4n) is 3.70. The normalized spacial score (nSPS) is 15.5. The first-order chi connectivity index (χ1) is 18.1. The van der Waals surface area contributed by atoms with Crippen LogP contribution in [0.4, 0.5) is 26.3 Å². The van der Waals surface area contributed by atoms with Gasteiger partial charge in [0.2, 0.25) is 0 Å². The average molecular weight is 566 g/mol. The maximum atomic E-state index is 10.6. The van der Waals surface area contributed by atoms with Crippen LogP contribution in [-0.4, -0.2) is 80.0 Å². The van der Waals surface area contributed by atoms with Crippen LogP contribution in [0.15, 0.2) is 36.7 Å². The predicted octanol–water partition coefficient (Wildman–Crippen LogP) is 4.00. The van der Waals surface area contributed by atoms with Crippen molar-refractivity contribution in [3.05, 3.63) is 53.6 Å². The van der Waals surface area contributed by atoms with E-state index in [1.807, 2.05) is 24.4 Å². The summed E-state index contributed by atoms with van der Waals surface area (Å²) in [6, 6.07) is 10.2. The quantitative estimate of drug-likeness (QED) is 0.505. The van der Waals surface area contributed by atoms with Crippen molar-refractivity contribution in [3.63, 3.8) is 0 Å². The fraction of sp³-hybridized carbons (Fsp3) is 0.500. The summed E-state index contributed by atoms with van der Waals surface area (Å²) < 4.78 is 65.8. The van der Waals surface area contributed by atoms with Crippen LogP contribution in [0.25, 0.3) is 0 Å². The van der Waals surface area contributed by atoms with Crippen molar-refractivity contribution in [2.45, 2.75) is 45.8 Å². The van der Waals surface area contributed by atoms with Crippen LogP contribution in [0.3, 0.4) is 0 Å². The van der Waals surface area contributed by atoms with Gasteiger partial charge in [-0.3, -0.25) is 4.90 Å². The van der Waals surface area contributed by atoms with Gasteiger partial charge < -0.3 is 19.7 Å². The van der Waals surface area contributed by atoms with Crippen molar-refractivity contribution in [1.82, 2.24) is 19.4 Å². The standard InChI is InChI=1S/C20H27N5.2C2HF3O2/c1-3-23(4-2)13-19-14-24(16-20-22-8-9-25(20)15-19)12-18-7-5-6-17(10-18)11-21;2*3-2(4,5)1(6)7/h5-10,19H,3-4,12-16H2,1-2H3;2*(H,6,7). The number of hydrogen-bond donors (Lipinski definition) is 2. The van der Waals surface area contributed by atoms with E-state index in [1.165, 1.54) is 5.56 Å². The van der Waals surface area contributed by atoms with Gasteiger partial charge in [0.25, 0.3) is 0 Å². The number of imidazole rings is 1. The third-order valence-corrected chi connectivity index (χ3v) is 5.50. The van der Waals surface area contributed by atoms with Gasteiger partial charge >= 0.3 is 24.3 Å². The summed E-state index contributed by atoms with van der Waals surface area (Å²) >= 11 is 0. The van der Waals surface area contributed by atoms with Crippen LogP contribution in [0, 0.1) is 17.2 Å². The zero-order chi connectivity index (χ0) is 29.8. The minimum atomic E-state index is -5.08. The predicted molar refractivity (Wildman–Crippen MR) is 126 cm³/mol. The number of hydrogen-bond acceptors (Lipinski definition) is 6. The Morgan fingerprint density at radius 2 is 1.64 bits per heavy atom. The van der Waals surface area contributed by atoms with E-state index in [0.717, 1.165) is 57.2 Å². The van der Waals surface area contributed by atoms with Crippen molar-refractivity contribution in [3.8, 4) is 6.07 Å². The van der Waals surface area contributed by atoms with Gasteiger partial charge in [0.15, 0.2) is 0 Å². The first kappa shape index (κ1) is 33.4. The zero-order valence-corrected chi connectivity index (χ0v) is 21.2. The summed E-state index contributed by atoms with van der Waals surface area (Å²) in [5.41, 5.74) is 1.93. The Kier molecular flexibility index (Phi) is 12.9.